The maximum atomic E-state index is 12.1. The van der Waals surface area contributed by atoms with E-state index in [0.717, 1.165) is 31.0 Å². The Morgan fingerprint density at radius 2 is 1.78 bits per heavy atom. The number of aryl methyl sites for hydroxylation is 1. The van der Waals surface area contributed by atoms with Crippen LogP contribution < -0.4 is 4.90 Å². The van der Waals surface area contributed by atoms with Crippen molar-refractivity contribution >= 4 is 11.9 Å². The van der Waals surface area contributed by atoms with E-state index in [1.807, 2.05) is 53.7 Å². The third kappa shape index (κ3) is 6.42. The first-order chi connectivity index (χ1) is 10.8. The number of nitrogens with zero attached hydrogens (tertiary/aromatic N) is 4. The Hall–Kier alpha value is -1.85. The van der Waals surface area contributed by atoms with Crippen molar-refractivity contribution in [2.75, 3.05) is 31.1 Å². The van der Waals surface area contributed by atoms with E-state index < -0.39 is 5.60 Å². The van der Waals surface area contributed by atoms with Crippen LogP contribution in [0, 0.1) is 6.92 Å². The average molecular weight is 322 g/mol. The molecule has 1 aliphatic rings. The van der Waals surface area contributed by atoms with Crippen LogP contribution in [0.1, 0.15) is 46.7 Å². The molecule has 1 amide bonds. The molecular weight excluding hydrogens is 292 g/mol. The molecule has 0 unspecified atom stereocenters. The van der Waals surface area contributed by atoms with Crippen LogP contribution in [0.4, 0.5) is 10.6 Å². The van der Waals surface area contributed by atoms with Gasteiger partial charge in [-0.05, 0) is 46.2 Å². The van der Waals surface area contributed by atoms with Crippen LogP contribution >= 0.6 is 0 Å². The summed E-state index contributed by atoms with van der Waals surface area (Å²) in [6.07, 6.45) is 0.661. The largest absolute Gasteiger partial charge is 0.444 e. The molecule has 0 radical (unpaired) electrons. The van der Waals surface area contributed by atoms with Gasteiger partial charge < -0.3 is 14.5 Å². The Morgan fingerprint density at radius 3 is 2.35 bits per heavy atom. The standard InChI is InChI=1S/C15H24N4O2.C2H6/c1-12-6-7-13(17-16-12)18-8-5-9-19(11-10-18)14(20)21-15(2,3)4;1-2/h6-7H,5,8-11H2,1-4H3;1-2H3. The first kappa shape index (κ1) is 19.2. The van der Waals surface area contributed by atoms with E-state index in [2.05, 4.69) is 15.1 Å². The summed E-state index contributed by atoms with van der Waals surface area (Å²) in [5, 5.41) is 8.30. The van der Waals surface area contributed by atoms with Crippen molar-refractivity contribution in [1.29, 1.82) is 0 Å². The van der Waals surface area contributed by atoms with Crippen molar-refractivity contribution in [1.82, 2.24) is 15.1 Å². The second-order valence-electron chi connectivity index (χ2n) is 6.34. The zero-order valence-electron chi connectivity index (χ0n) is 15.3. The molecule has 23 heavy (non-hydrogen) atoms. The molecule has 2 heterocycles. The molecule has 0 bridgehead atoms. The lowest BCUT2D eigenvalue weighted by atomic mass is 10.2. The van der Waals surface area contributed by atoms with Gasteiger partial charge in [-0.3, -0.25) is 0 Å². The molecular formula is C17H30N4O2. The summed E-state index contributed by atoms with van der Waals surface area (Å²) in [7, 11) is 0. The van der Waals surface area contributed by atoms with Crippen LogP contribution in [0.25, 0.3) is 0 Å². The predicted molar refractivity (Wildman–Crippen MR) is 92.8 cm³/mol. The molecule has 0 N–H and O–H groups in total. The van der Waals surface area contributed by atoms with E-state index in [1.165, 1.54) is 0 Å². The summed E-state index contributed by atoms with van der Waals surface area (Å²) in [4.78, 5) is 16.0. The summed E-state index contributed by atoms with van der Waals surface area (Å²) in [6.45, 7) is 14.6. The Morgan fingerprint density at radius 1 is 1.09 bits per heavy atom. The fraction of sp³-hybridized carbons (Fsp3) is 0.706. The number of carbonyl (C=O) groups is 1. The highest BCUT2D eigenvalue weighted by atomic mass is 16.6. The van der Waals surface area contributed by atoms with Gasteiger partial charge in [-0.25, -0.2) is 4.79 Å². The highest BCUT2D eigenvalue weighted by Gasteiger charge is 2.24. The van der Waals surface area contributed by atoms with Crippen LogP contribution in [0.15, 0.2) is 12.1 Å². The highest BCUT2D eigenvalue weighted by Crippen LogP contribution is 2.15. The Kier molecular flexibility index (Phi) is 7.26. The molecule has 1 aliphatic heterocycles. The molecule has 1 saturated heterocycles. The predicted octanol–water partition coefficient (Wildman–Crippen LogP) is 3.26. The minimum absolute atomic E-state index is 0.237. The quantitative estimate of drug-likeness (QED) is 0.794. The van der Waals surface area contributed by atoms with Crippen LogP contribution in [0.5, 0.6) is 0 Å². The van der Waals surface area contributed by atoms with Gasteiger partial charge in [0.15, 0.2) is 5.82 Å². The lowest BCUT2D eigenvalue weighted by Crippen LogP contribution is -2.39. The first-order valence-electron chi connectivity index (χ1n) is 8.38. The summed E-state index contributed by atoms with van der Waals surface area (Å²) < 4.78 is 5.43. The molecule has 0 aromatic carbocycles. The minimum atomic E-state index is -0.453. The molecule has 0 atom stereocenters. The van der Waals surface area contributed by atoms with E-state index in [-0.39, 0.29) is 6.09 Å². The summed E-state index contributed by atoms with van der Waals surface area (Å²) >= 11 is 0. The maximum absolute atomic E-state index is 12.1. The van der Waals surface area contributed by atoms with Crippen molar-refractivity contribution in [2.24, 2.45) is 0 Å². The first-order valence-corrected chi connectivity index (χ1v) is 8.38. The Bertz CT molecular complexity index is 482. The van der Waals surface area contributed by atoms with Crippen LogP contribution in [-0.2, 0) is 4.74 Å². The molecule has 6 nitrogen and oxygen atoms in total. The Balaban J connectivity index is 0.00000127. The second-order valence-corrected chi connectivity index (χ2v) is 6.34. The third-order valence-electron chi connectivity index (χ3n) is 3.26. The normalized spacial score (nSPS) is 15.4. The number of hydrogen-bond acceptors (Lipinski definition) is 5. The molecule has 1 aromatic heterocycles. The number of anilines is 1. The van der Waals surface area contributed by atoms with Gasteiger partial charge in [0.25, 0.3) is 0 Å². The van der Waals surface area contributed by atoms with Crippen molar-refractivity contribution in [3.63, 3.8) is 0 Å². The zero-order valence-corrected chi connectivity index (χ0v) is 15.3. The van der Waals surface area contributed by atoms with Crippen molar-refractivity contribution in [2.45, 2.75) is 53.6 Å². The summed E-state index contributed by atoms with van der Waals surface area (Å²) in [5.74, 6) is 0.867. The van der Waals surface area contributed by atoms with E-state index in [9.17, 15) is 4.79 Å². The second kappa shape index (κ2) is 8.70. The fourth-order valence-electron chi connectivity index (χ4n) is 2.22. The topological polar surface area (TPSA) is 58.6 Å². The molecule has 0 aliphatic carbocycles. The smallest absolute Gasteiger partial charge is 0.410 e. The summed E-state index contributed by atoms with van der Waals surface area (Å²) in [5.41, 5.74) is 0.454. The van der Waals surface area contributed by atoms with Crippen LogP contribution in [0.2, 0.25) is 0 Å². The number of ether oxygens (including phenoxy) is 1. The monoisotopic (exact) mass is 322 g/mol. The van der Waals surface area contributed by atoms with Gasteiger partial charge in [0.05, 0.1) is 5.69 Å². The SMILES string of the molecule is CC.Cc1ccc(N2CCCN(C(=O)OC(C)(C)C)CC2)nn1. The molecule has 6 heteroatoms. The highest BCUT2D eigenvalue weighted by molar-refractivity contribution is 5.68. The number of carbonyl (C=O) groups excluding carboxylic acids is 1. The van der Waals surface area contributed by atoms with Gasteiger partial charge in [0.1, 0.15) is 5.60 Å². The molecule has 130 valence electrons. The van der Waals surface area contributed by atoms with E-state index in [0.29, 0.717) is 13.1 Å². The third-order valence-corrected chi connectivity index (χ3v) is 3.26. The number of aromatic nitrogens is 2. The minimum Gasteiger partial charge on any atom is -0.444 e. The lowest BCUT2D eigenvalue weighted by Gasteiger charge is -2.26. The average Bonchev–Trinajstić information content (AvgIpc) is 2.74. The van der Waals surface area contributed by atoms with Gasteiger partial charge >= 0.3 is 6.09 Å². The number of amides is 1. The van der Waals surface area contributed by atoms with E-state index in [4.69, 9.17) is 4.74 Å². The fourth-order valence-corrected chi connectivity index (χ4v) is 2.22. The molecule has 2 rings (SSSR count). The molecule has 0 spiro atoms. The van der Waals surface area contributed by atoms with E-state index >= 15 is 0 Å². The Labute approximate surface area is 139 Å². The number of rotatable bonds is 1. The van der Waals surface area contributed by atoms with Gasteiger partial charge in [0.2, 0.25) is 0 Å². The molecule has 1 aromatic rings. The zero-order chi connectivity index (χ0) is 17.5. The van der Waals surface area contributed by atoms with Crippen molar-refractivity contribution in [3.8, 4) is 0 Å². The van der Waals surface area contributed by atoms with Gasteiger partial charge in [-0.15, -0.1) is 5.10 Å². The van der Waals surface area contributed by atoms with Crippen LogP contribution in [-0.4, -0.2) is 53.0 Å². The maximum Gasteiger partial charge on any atom is 0.410 e. The van der Waals surface area contributed by atoms with Crippen molar-refractivity contribution in [3.05, 3.63) is 17.8 Å². The van der Waals surface area contributed by atoms with Gasteiger partial charge in [-0.2, -0.15) is 5.10 Å². The lowest BCUT2D eigenvalue weighted by molar-refractivity contribution is 0.0263. The van der Waals surface area contributed by atoms with E-state index in [1.54, 1.807) is 4.90 Å². The number of hydrogen-bond donors (Lipinski definition) is 0. The van der Waals surface area contributed by atoms with Crippen molar-refractivity contribution < 1.29 is 9.53 Å². The van der Waals surface area contributed by atoms with Crippen LogP contribution in [0.3, 0.4) is 0 Å². The van der Waals surface area contributed by atoms with Gasteiger partial charge in [0, 0.05) is 26.2 Å². The summed E-state index contributed by atoms with van der Waals surface area (Å²) in [6, 6.07) is 3.93. The van der Waals surface area contributed by atoms with Gasteiger partial charge in [-0.1, -0.05) is 13.8 Å². The molecule has 1 fully saturated rings. The molecule has 0 saturated carbocycles.